The normalized spacial score (nSPS) is 16.1. The van der Waals surface area contributed by atoms with Gasteiger partial charge in [-0.3, -0.25) is 10.1 Å². The summed E-state index contributed by atoms with van der Waals surface area (Å²) in [6, 6.07) is 13.7. The highest BCUT2D eigenvalue weighted by Crippen LogP contribution is 2.31. The van der Waals surface area contributed by atoms with Crippen molar-refractivity contribution in [2.75, 3.05) is 5.32 Å². The summed E-state index contributed by atoms with van der Waals surface area (Å²) >= 11 is 1.30. The third-order valence-electron chi connectivity index (χ3n) is 5.06. The van der Waals surface area contributed by atoms with Gasteiger partial charge in [0, 0.05) is 11.6 Å². The van der Waals surface area contributed by atoms with Gasteiger partial charge >= 0.3 is 0 Å². The van der Waals surface area contributed by atoms with Crippen LogP contribution in [0.4, 0.5) is 5.13 Å². The van der Waals surface area contributed by atoms with Crippen LogP contribution in [-0.4, -0.2) is 24.5 Å². The number of aromatic nitrogens is 2. The predicted octanol–water partition coefficient (Wildman–Crippen LogP) is 3.71. The van der Waals surface area contributed by atoms with E-state index in [1.54, 1.807) is 12.1 Å². The van der Waals surface area contributed by atoms with Crippen LogP contribution in [0.1, 0.15) is 52.3 Å². The van der Waals surface area contributed by atoms with Gasteiger partial charge in [-0.15, -0.1) is 10.2 Å². The number of carbonyl (C=O) groups excluding carboxylic acids is 1. The lowest BCUT2D eigenvalue weighted by Gasteiger charge is -2.26. The molecular weight excluding hydrogens is 420 g/mol. The third-order valence-corrected chi connectivity index (χ3v) is 7.52. The number of carbonyl (C=O) groups is 1. The van der Waals surface area contributed by atoms with Crippen LogP contribution in [0.25, 0.3) is 0 Å². The van der Waals surface area contributed by atoms with Gasteiger partial charge in [-0.1, -0.05) is 48.6 Å². The molecule has 9 heteroatoms. The van der Waals surface area contributed by atoms with E-state index in [2.05, 4.69) is 20.2 Å². The van der Waals surface area contributed by atoms with Crippen LogP contribution in [0.3, 0.4) is 0 Å². The van der Waals surface area contributed by atoms with Crippen LogP contribution in [0.2, 0.25) is 0 Å². The summed E-state index contributed by atoms with van der Waals surface area (Å²) in [5.74, 6) is -0.422. The summed E-state index contributed by atoms with van der Waals surface area (Å²) in [6.45, 7) is 1.96. The molecule has 2 aromatic carbocycles. The number of anilines is 1. The number of hydrogen-bond acceptors (Lipinski definition) is 6. The average molecular weight is 443 g/mol. The van der Waals surface area contributed by atoms with E-state index in [0.29, 0.717) is 5.13 Å². The van der Waals surface area contributed by atoms with Crippen molar-refractivity contribution < 1.29 is 13.2 Å². The fourth-order valence-electron chi connectivity index (χ4n) is 3.55. The maximum Gasteiger partial charge on any atom is 0.257 e. The highest BCUT2D eigenvalue weighted by Gasteiger charge is 2.26. The number of hydrogen-bond donors (Lipinski definition) is 2. The Balaban J connectivity index is 1.53. The standard InChI is InChI=1S/C21H22N4O3S2/c1-2-19-23-24-21(29-19)22-20(26)15-9-5-10-16(13-15)30(27,28)25-18-12-6-8-14-7-3-4-11-17(14)18/h3-5,7,9-11,13,18,25H,2,6,8,12H2,1H3,(H,22,24,26). The molecule has 0 spiro atoms. The third kappa shape index (κ3) is 4.43. The van der Waals surface area contributed by atoms with Gasteiger partial charge in [0.25, 0.3) is 5.91 Å². The monoisotopic (exact) mass is 442 g/mol. The summed E-state index contributed by atoms with van der Waals surface area (Å²) < 4.78 is 28.9. The topological polar surface area (TPSA) is 101 Å². The molecule has 30 heavy (non-hydrogen) atoms. The first-order valence-corrected chi connectivity index (χ1v) is 12.1. The van der Waals surface area contributed by atoms with Crippen LogP contribution >= 0.6 is 11.3 Å². The number of aryl methyl sites for hydroxylation is 2. The van der Waals surface area contributed by atoms with E-state index in [1.165, 1.54) is 29.0 Å². The molecule has 4 rings (SSSR count). The zero-order valence-electron chi connectivity index (χ0n) is 16.5. The zero-order valence-corrected chi connectivity index (χ0v) is 18.1. The van der Waals surface area contributed by atoms with E-state index >= 15 is 0 Å². The van der Waals surface area contributed by atoms with Crippen molar-refractivity contribution in [1.29, 1.82) is 0 Å². The summed E-state index contributed by atoms with van der Waals surface area (Å²) in [6.07, 6.45) is 3.36. The Morgan fingerprint density at radius 1 is 1.17 bits per heavy atom. The summed E-state index contributed by atoms with van der Waals surface area (Å²) in [7, 11) is -3.79. The van der Waals surface area contributed by atoms with E-state index in [9.17, 15) is 13.2 Å². The van der Waals surface area contributed by atoms with Crippen molar-refractivity contribution in [2.45, 2.75) is 43.5 Å². The number of nitrogens with zero attached hydrogens (tertiary/aromatic N) is 2. The minimum absolute atomic E-state index is 0.0599. The summed E-state index contributed by atoms with van der Waals surface area (Å²) in [5.41, 5.74) is 2.44. The van der Waals surface area contributed by atoms with E-state index in [0.717, 1.165) is 36.3 Å². The van der Waals surface area contributed by atoms with Crippen molar-refractivity contribution in [2.24, 2.45) is 0 Å². The maximum absolute atomic E-state index is 13.0. The van der Waals surface area contributed by atoms with Gasteiger partial charge < -0.3 is 0 Å². The zero-order chi connectivity index (χ0) is 21.1. The highest BCUT2D eigenvalue weighted by molar-refractivity contribution is 7.89. The van der Waals surface area contributed by atoms with Gasteiger partial charge in [-0.2, -0.15) is 0 Å². The Morgan fingerprint density at radius 2 is 2.00 bits per heavy atom. The van der Waals surface area contributed by atoms with E-state index in [4.69, 9.17) is 0 Å². The van der Waals surface area contributed by atoms with Crippen LogP contribution < -0.4 is 10.0 Å². The van der Waals surface area contributed by atoms with E-state index in [1.807, 2.05) is 31.2 Å². The van der Waals surface area contributed by atoms with Crippen LogP contribution in [-0.2, 0) is 22.9 Å². The molecule has 0 saturated heterocycles. The minimum Gasteiger partial charge on any atom is -0.296 e. The Kier molecular flexibility index (Phi) is 5.94. The number of sulfonamides is 1. The SMILES string of the molecule is CCc1nnc(NC(=O)c2cccc(S(=O)(=O)NC3CCCc4ccccc43)c2)s1. The molecule has 1 atom stereocenters. The van der Waals surface area contributed by atoms with Gasteiger partial charge in [0.05, 0.1) is 4.90 Å². The van der Waals surface area contributed by atoms with Crippen LogP contribution in [0.5, 0.6) is 0 Å². The number of benzene rings is 2. The van der Waals surface area contributed by atoms with Gasteiger partial charge in [0.1, 0.15) is 5.01 Å². The van der Waals surface area contributed by atoms with Crippen LogP contribution in [0.15, 0.2) is 53.4 Å². The second-order valence-electron chi connectivity index (χ2n) is 7.10. The van der Waals surface area contributed by atoms with Crippen molar-refractivity contribution >= 4 is 32.4 Å². The van der Waals surface area contributed by atoms with E-state index in [-0.39, 0.29) is 16.5 Å². The predicted molar refractivity (Wildman–Crippen MR) is 116 cm³/mol. The second-order valence-corrected chi connectivity index (χ2v) is 9.88. The lowest BCUT2D eigenvalue weighted by Crippen LogP contribution is -2.31. The van der Waals surface area contributed by atoms with Crippen molar-refractivity contribution in [3.05, 3.63) is 70.2 Å². The fraction of sp³-hybridized carbons (Fsp3) is 0.286. The quantitative estimate of drug-likeness (QED) is 0.606. The Bertz CT molecular complexity index is 1170. The molecule has 7 nitrogen and oxygen atoms in total. The summed E-state index contributed by atoms with van der Waals surface area (Å²) in [5, 5.41) is 11.8. The molecule has 1 aliphatic rings. The molecule has 1 unspecified atom stereocenters. The second kappa shape index (κ2) is 8.63. The van der Waals surface area contributed by atoms with Gasteiger partial charge in [-0.25, -0.2) is 13.1 Å². The molecule has 0 bridgehead atoms. The number of fused-ring (bicyclic) bond motifs is 1. The Labute approximate surface area is 179 Å². The molecule has 1 aliphatic carbocycles. The molecule has 3 aromatic rings. The Morgan fingerprint density at radius 3 is 2.80 bits per heavy atom. The van der Waals surface area contributed by atoms with E-state index < -0.39 is 15.9 Å². The van der Waals surface area contributed by atoms with Crippen LogP contribution in [0, 0.1) is 0 Å². The number of rotatable bonds is 6. The first-order chi connectivity index (χ1) is 14.5. The number of amides is 1. The van der Waals surface area contributed by atoms with Crippen molar-refractivity contribution in [3.8, 4) is 0 Å². The molecule has 0 radical (unpaired) electrons. The molecule has 1 aromatic heterocycles. The smallest absolute Gasteiger partial charge is 0.257 e. The lowest BCUT2D eigenvalue weighted by atomic mass is 9.88. The molecule has 0 aliphatic heterocycles. The maximum atomic E-state index is 13.0. The largest absolute Gasteiger partial charge is 0.296 e. The molecule has 1 heterocycles. The van der Waals surface area contributed by atoms with Gasteiger partial charge in [0.2, 0.25) is 15.2 Å². The number of nitrogens with one attached hydrogen (secondary N) is 2. The van der Waals surface area contributed by atoms with Gasteiger partial charge in [-0.05, 0) is 55.0 Å². The highest BCUT2D eigenvalue weighted by atomic mass is 32.2. The molecule has 156 valence electrons. The Hall–Kier alpha value is -2.62. The first-order valence-electron chi connectivity index (χ1n) is 9.80. The summed E-state index contributed by atoms with van der Waals surface area (Å²) in [4.78, 5) is 12.6. The molecule has 1 amide bonds. The van der Waals surface area contributed by atoms with Gasteiger partial charge in [0.15, 0.2) is 0 Å². The molecule has 2 N–H and O–H groups in total. The first kappa shape index (κ1) is 20.6. The molecule has 0 fully saturated rings. The minimum atomic E-state index is -3.79. The molecule has 0 saturated carbocycles. The van der Waals surface area contributed by atoms with Crippen molar-refractivity contribution in [1.82, 2.24) is 14.9 Å². The fourth-order valence-corrected chi connectivity index (χ4v) is 5.52. The average Bonchev–Trinajstić information content (AvgIpc) is 3.21. The van der Waals surface area contributed by atoms with Crippen molar-refractivity contribution in [3.63, 3.8) is 0 Å². The lowest BCUT2D eigenvalue weighted by molar-refractivity contribution is 0.102. The molecular formula is C21H22N4O3S2.